The van der Waals surface area contributed by atoms with E-state index in [9.17, 15) is 0 Å². The SMILES string of the molecule is CCCc1ccccc1C(=C(c1ccccc1)c1ccccc1CCC)c1ccccc1. The van der Waals surface area contributed by atoms with E-state index < -0.39 is 0 Å². The van der Waals surface area contributed by atoms with E-state index in [0.717, 1.165) is 25.7 Å². The summed E-state index contributed by atoms with van der Waals surface area (Å²) in [7, 11) is 0. The first-order valence-electron chi connectivity index (χ1n) is 11.8. The normalized spacial score (nSPS) is 11.8. The Bertz CT molecular complexity index is 1070. The highest BCUT2D eigenvalue weighted by Crippen LogP contribution is 2.39. The van der Waals surface area contributed by atoms with Gasteiger partial charge in [0.2, 0.25) is 0 Å². The first-order valence-corrected chi connectivity index (χ1v) is 11.8. The molecule has 0 fully saturated rings. The van der Waals surface area contributed by atoms with Gasteiger partial charge >= 0.3 is 0 Å². The smallest absolute Gasteiger partial charge is 0.00239 e. The van der Waals surface area contributed by atoms with Gasteiger partial charge in [-0.05, 0) is 57.4 Å². The fourth-order valence-corrected chi connectivity index (χ4v) is 4.58. The molecule has 0 N–H and O–H groups in total. The van der Waals surface area contributed by atoms with Crippen molar-refractivity contribution in [2.45, 2.75) is 39.5 Å². The Labute approximate surface area is 193 Å². The first kappa shape index (κ1) is 21.8. The van der Waals surface area contributed by atoms with Crippen LogP contribution in [-0.2, 0) is 12.8 Å². The molecule has 4 rings (SSSR count). The van der Waals surface area contributed by atoms with Crippen molar-refractivity contribution in [2.75, 3.05) is 0 Å². The lowest BCUT2D eigenvalue weighted by Gasteiger charge is -2.22. The summed E-state index contributed by atoms with van der Waals surface area (Å²) >= 11 is 0. The Morgan fingerprint density at radius 1 is 0.438 bits per heavy atom. The van der Waals surface area contributed by atoms with Crippen molar-refractivity contribution < 1.29 is 0 Å². The van der Waals surface area contributed by atoms with Gasteiger partial charge in [0.05, 0.1) is 0 Å². The highest BCUT2D eigenvalue weighted by Gasteiger charge is 2.19. The van der Waals surface area contributed by atoms with Crippen LogP contribution >= 0.6 is 0 Å². The van der Waals surface area contributed by atoms with Gasteiger partial charge in [0.1, 0.15) is 0 Å². The minimum absolute atomic E-state index is 1.07. The van der Waals surface area contributed by atoms with Gasteiger partial charge in [0.25, 0.3) is 0 Å². The molecule has 0 heterocycles. The molecule has 0 unspecified atom stereocenters. The van der Waals surface area contributed by atoms with E-state index in [1.807, 2.05) is 0 Å². The molecule has 0 nitrogen and oxygen atoms in total. The molecule has 0 radical (unpaired) electrons. The van der Waals surface area contributed by atoms with Crippen LogP contribution in [0.4, 0.5) is 0 Å². The van der Waals surface area contributed by atoms with Gasteiger partial charge in [-0.15, -0.1) is 0 Å². The second kappa shape index (κ2) is 10.8. The van der Waals surface area contributed by atoms with E-state index >= 15 is 0 Å². The minimum atomic E-state index is 1.07. The summed E-state index contributed by atoms with van der Waals surface area (Å²) in [6.45, 7) is 4.52. The van der Waals surface area contributed by atoms with Crippen molar-refractivity contribution in [3.05, 3.63) is 143 Å². The number of benzene rings is 4. The van der Waals surface area contributed by atoms with Crippen LogP contribution in [0.15, 0.2) is 109 Å². The lowest BCUT2D eigenvalue weighted by molar-refractivity contribution is 0.917. The quantitative estimate of drug-likeness (QED) is 0.252. The molecule has 0 spiro atoms. The molecule has 0 heteroatoms. The highest BCUT2D eigenvalue weighted by molar-refractivity contribution is 6.05. The summed E-state index contributed by atoms with van der Waals surface area (Å²) in [5.41, 5.74) is 10.7. The maximum atomic E-state index is 2.30. The first-order chi connectivity index (χ1) is 15.8. The van der Waals surface area contributed by atoms with Crippen LogP contribution in [0.3, 0.4) is 0 Å². The van der Waals surface area contributed by atoms with Crippen molar-refractivity contribution in [3.63, 3.8) is 0 Å². The molecule has 4 aromatic carbocycles. The molecule has 0 aliphatic heterocycles. The second-order valence-electron chi connectivity index (χ2n) is 8.30. The molecule has 0 aliphatic rings. The Morgan fingerprint density at radius 3 is 1.16 bits per heavy atom. The fourth-order valence-electron chi connectivity index (χ4n) is 4.58. The summed E-state index contributed by atoms with van der Waals surface area (Å²) in [6, 6.07) is 39.7. The van der Waals surface area contributed by atoms with E-state index in [4.69, 9.17) is 0 Å². The third kappa shape index (κ3) is 4.75. The Morgan fingerprint density at radius 2 is 0.781 bits per heavy atom. The van der Waals surface area contributed by atoms with E-state index in [-0.39, 0.29) is 0 Å². The van der Waals surface area contributed by atoms with Crippen LogP contribution in [0.2, 0.25) is 0 Å². The Kier molecular flexibility index (Phi) is 7.35. The van der Waals surface area contributed by atoms with Crippen molar-refractivity contribution in [1.29, 1.82) is 0 Å². The van der Waals surface area contributed by atoms with Crippen molar-refractivity contribution in [2.24, 2.45) is 0 Å². The zero-order valence-corrected chi connectivity index (χ0v) is 19.2. The molecule has 32 heavy (non-hydrogen) atoms. The summed E-state index contributed by atoms with van der Waals surface area (Å²) in [6.07, 6.45) is 4.41. The summed E-state index contributed by atoms with van der Waals surface area (Å²) in [5, 5.41) is 0. The van der Waals surface area contributed by atoms with Crippen LogP contribution < -0.4 is 0 Å². The topological polar surface area (TPSA) is 0 Å². The van der Waals surface area contributed by atoms with Crippen molar-refractivity contribution >= 4 is 11.1 Å². The largest absolute Gasteiger partial charge is 0.0651 e. The standard InChI is InChI=1S/C32H32/c1-3-15-25-17-11-13-23-29(25)31(27-19-7-5-8-20-27)32(28-21-9-6-10-22-28)30-24-14-12-18-26(30)16-4-2/h5-14,17-24H,3-4,15-16H2,1-2H3. The van der Waals surface area contributed by atoms with Crippen LogP contribution in [0.25, 0.3) is 11.1 Å². The summed E-state index contributed by atoms with van der Waals surface area (Å²) in [5.74, 6) is 0. The molecular formula is C32H32. The fraction of sp³-hybridized carbons (Fsp3) is 0.188. The Hall–Kier alpha value is -3.38. The maximum Gasteiger partial charge on any atom is -0.00239 e. The number of hydrogen-bond acceptors (Lipinski definition) is 0. The molecule has 0 aromatic heterocycles. The summed E-state index contributed by atoms with van der Waals surface area (Å²) < 4.78 is 0. The maximum absolute atomic E-state index is 2.30. The third-order valence-electron chi connectivity index (χ3n) is 5.99. The van der Waals surface area contributed by atoms with Gasteiger partial charge in [0, 0.05) is 0 Å². The minimum Gasteiger partial charge on any atom is -0.0651 e. The lowest BCUT2D eigenvalue weighted by atomic mass is 9.82. The van der Waals surface area contributed by atoms with Gasteiger partial charge in [-0.3, -0.25) is 0 Å². The molecule has 160 valence electrons. The van der Waals surface area contributed by atoms with E-state index in [1.165, 1.54) is 44.5 Å². The molecule has 4 aromatic rings. The second-order valence-corrected chi connectivity index (χ2v) is 8.30. The molecule has 0 saturated carbocycles. The van der Waals surface area contributed by atoms with E-state index in [0.29, 0.717) is 0 Å². The molecule has 0 atom stereocenters. The predicted molar refractivity (Wildman–Crippen MR) is 139 cm³/mol. The van der Waals surface area contributed by atoms with Crippen molar-refractivity contribution in [3.8, 4) is 0 Å². The molecule has 0 saturated heterocycles. The van der Waals surface area contributed by atoms with Crippen LogP contribution in [0.1, 0.15) is 60.1 Å². The van der Waals surface area contributed by atoms with Gasteiger partial charge in [-0.2, -0.15) is 0 Å². The van der Waals surface area contributed by atoms with Gasteiger partial charge < -0.3 is 0 Å². The van der Waals surface area contributed by atoms with Crippen molar-refractivity contribution in [1.82, 2.24) is 0 Å². The lowest BCUT2D eigenvalue weighted by Crippen LogP contribution is -2.03. The van der Waals surface area contributed by atoms with E-state index in [1.54, 1.807) is 0 Å². The summed E-state index contributed by atoms with van der Waals surface area (Å²) in [4.78, 5) is 0. The van der Waals surface area contributed by atoms with Gasteiger partial charge in [0.15, 0.2) is 0 Å². The average molecular weight is 417 g/mol. The highest BCUT2D eigenvalue weighted by atomic mass is 14.2. The zero-order valence-electron chi connectivity index (χ0n) is 19.2. The average Bonchev–Trinajstić information content (AvgIpc) is 2.85. The molecular weight excluding hydrogens is 384 g/mol. The Balaban J connectivity index is 2.14. The molecule has 0 bridgehead atoms. The molecule has 0 aliphatic carbocycles. The van der Waals surface area contributed by atoms with E-state index in [2.05, 4.69) is 123 Å². The number of rotatable bonds is 8. The molecule has 0 amide bonds. The van der Waals surface area contributed by atoms with Gasteiger partial charge in [-0.25, -0.2) is 0 Å². The van der Waals surface area contributed by atoms with Crippen LogP contribution in [0.5, 0.6) is 0 Å². The monoisotopic (exact) mass is 416 g/mol. The number of aryl methyl sites for hydroxylation is 2. The van der Waals surface area contributed by atoms with Gasteiger partial charge in [-0.1, -0.05) is 136 Å². The zero-order chi connectivity index (χ0) is 22.2. The van der Waals surface area contributed by atoms with Crippen LogP contribution in [-0.4, -0.2) is 0 Å². The van der Waals surface area contributed by atoms with Crippen LogP contribution in [0, 0.1) is 0 Å². The third-order valence-corrected chi connectivity index (χ3v) is 5.99. The number of hydrogen-bond donors (Lipinski definition) is 0. The predicted octanol–water partition coefficient (Wildman–Crippen LogP) is 8.60.